The fraction of sp³-hybridized carbons (Fsp3) is 0.292. The van der Waals surface area contributed by atoms with Gasteiger partial charge < -0.3 is 19.9 Å². The largest absolute Gasteiger partial charge is 0.358 e. The Balaban J connectivity index is 1.32. The number of pyridine rings is 1. The predicted octanol–water partition coefficient (Wildman–Crippen LogP) is 2.18. The number of carbonyl (C=O) groups excluding carboxylic acids is 2. The SMILES string of the molecule is CCCN(CCNC(=O)C1(c2c[nH]c3c(-n4ccnn4)ncc(F)c23)CO1)C(=O)c1ccccc1. The maximum absolute atomic E-state index is 14.9. The number of carbonyl (C=O) groups is 2. The van der Waals surface area contributed by atoms with Gasteiger partial charge in [0.05, 0.1) is 30.7 Å². The number of aromatic amines is 1. The fourth-order valence-electron chi connectivity index (χ4n) is 4.18. The van der Waals surface area contributed by atoms with E-state index in [4.69, 9.17) is 4.74 Å². The number of nitrogens with zero attached hydrogens (tertiary/aromatic N) is 5. The summed E-state index contributed by atoms with van der Waals surface area (Å²) < 4.78 is 21.9. The highest BCUT2D eigenvalue weighted by molar-refractivity contribution is 5.98. The predicted molar refractivity (Wildman–Crippen MR) is 124 cm³/mol. The summed E-state index contributed by atoms with van der Waals surface area (Å²) in [6.07, 6.45) is 6.52. The van der Waals surface area contributed by atoms with Gasteiger partial charge in [0.25, 0.3) is 11.8 Å². The Bertz CT molecular complexity index is 1350. The van der Waals surface area contributed by atoms with Gasteiger partial charge in [-0.05, 0) is 18.6 Å². The van der Waals surface area contributed by atoms with E-state index < -0.39 is 11.4 Å². The summed E-state index contributed by atoms with van der Waals surface area (Å²) in [7, 11) is 0. The second-order valence-corrected chi connectivity index (χ2v) is 8.26. The van der Waals surface area contributed by atoms with Crippen molar-refractivity contribution in [3.63, 3.8) is 0 Å². The Morgan fingerprint density at radius 2 is 2.09 bits per heavy atom. The third-order valence-corrected chi connectivity index (χ3v) is 5.99. The lowest BCUT2D eigenvalue weighted by Crippen LogP contribution is -2.42. The quantitative estimate of drug-likeness (QED) is 0.357. The number of aromatic nitrogens is 5. The number of fused-ring (bicyclic) bond motifs is 1. The summed E-state index contributed by atoms with van der Waals surface area (Å²) in [5, 5.41) is 10.8. The molecular formula is C24H24FN7O3. The van der Waals surface area contributed by atoms with Crippen LogP contribution in [0.15, 0.2) is 55.1 Å². The number of benzene rings is 1. The zero-order chi connectivity index (χ0) is 24.4. The molecule has 4 heterocycles. The number of ether oxygens (including phenoxy) is 1. The van der Waals surface area contributed by atoms with Crippen LogP contribution in [0.25, 0.3) is 16.7 Å². The van der Waals surface area contributed by atoms with Crippen molar-refractivity contribution in [1.29, 1.82) is 0 Å². The Hall–Kier alpha value is -4.12. The molecule has 1 saturated heterocycles. The number of nitrogens with one attached hydrogen (secondary N) is 2. The van der Waals surface area contributed by atoms with Crippen molar-refractivity contribution in [2.75, 3.05) is 26.2 Å². The molecule has 0 bridgehead atoms. The highest BCUT2D eigenvalue weighted by Crippen LogP contribution is 2.43. The van der Waals surface area contributed by atoms with E-state index in [-0.39, 0.29) is 30.4 Å². The molecule has 2 N–H and O–H groups in total. The van der Waals surface area contributed by atoms with Crippen LogP contribution in [0.1, 0.15) is 29.3 Å². The van der Waals surface area contributed by atoms with E-state index in [1.54, 1.807) is 29.4 Å². The molecule has 4 aromatic rings. The fourth-order valence-corrected chi connectivity index (χ4v) is 4.18. The van der Waals surface area contributed by atoms with E-state index in [1.807, 2.05) is 25.1 Å². The molecule has 35 heavy (non-hydrogen) atoms. The first kappa shape index (κ1) is 22.7. The van der Waals surface area contributed by atoms with Crippen molar-refractivity contribution in [2.24, 2.45) is 0 Å². The van der Waals surface area contributed by atoms with Gasteiger partial charge in [0, 0.05) is 42.3 Å². The van der Waals surface area contributed by atoms with E-state index >= 15 is 0 Å². The minimum atomic E-state index is -1.31. The first-order valence-electron chi connectivity index (χ1n) is 11.3. The Kier molecular flexibility index (Phi) is 6.00. The van der Waals surface area contributed by atoms with Gasteiger partial charge in [0.1, 0.15) is 0 Å². The number of H-pyrrole nitrogens is 1. The van der Waals surface area contributed by atoms with Gasteiger partial charge in [-0.1, -0.05) is 30.3 Å². The molecule has 1 aliphatic rings. The topological polar surface area (TPSA) is 121 Å². The minimum Gasteiger partial charge on any atom is -0.358 e. The lowest BCUT2D eigenvalue weighted by atomic mass is 9.98. The Morgan fingerprint density at radius 3 is 2.77 bits per heavy atom. The molecule has 1 fully saturated rings. The van der Waals surface area contributed by atoms with Crippen molar-refractivity contribution in [1.82, 2.24) is 35.2 Å². The van der Waals surface area contributed by atoms with Gasteiger partial charge in [-0.2, -0.15) is 0 Å². The standard InChI is InChI=1S/C24H24FN7O3/c1-2-10-31(22(33)16-6-4-3-5-7-16)11-8-26-23(34)24(15-35-24)17-13-27-20-19(17)18(25)14-28-21(20)32-12-9-29-30-32/h3-7,9,12-14,27H,2,8,10-11,15H2,1H3,(H,26,34). The van der Waals surface area contributed by atoms with E-state index in [2.05, 4.69) is 25.6 Å². The smallest absolute Gasteiger partial charge is 0.259 e. The highest BCUT2D eigenvalue weighted by atomic mass is 19.1. The van der Waals surface area contributed by atoms with Crippen LogP contribution >= 0.6 is 0 Å². The average molecular weight is 478 g/mol. The molecule has 11 heteroatoms. The number of hydrogen-bond acceptors (Lipinski definition) is 6. The molecule has 5 rings (SSSR count). The van der Waals surface area contributed by atoms with Crippen LogP contribution in [0, 0.1) is 5.82 Å². The molecule has 2 amide bonds. The summed E-state index contributed by atoms with van der Waals surface area (Å²) in [5.74, 6) is -0.701. The maximum atomic E-state index is 14.9. The number of hydrogen-bond donors (Lipinski definition) is 2. The highest BCUT2D eigenvalue weighted by Gasteiger charge is 2.55. The van der Waals surface area contributed by atoms with E-state index in [0.717, 1.165) is 12.6 Å². The first-order valence-corrected chi connectivity index (χ1v) is 11.3. The third kappa shape index (κ3) is 4.14. The van der Waals surface area contributed by atoms with Crippen molar-refractivity contribution in [3.8, 4) is 5.82 Å². The summed E-state index contributed by atoms with van der Waals surface area (Å²) in [6, 6.07) is 9.03. The van der Waals surface area contributed by atoms with Crippen LogP contribution < -0.4 is 5.32 Å². The molecule has 0 radical (unpaired) electrons. The van der Waals surface area contributed by atoms with E-state index in [9.17, 15) is 14.0 Å². The zero-order valence-electron chi connectivity index (χ0n) is 19.1. The van der Waals surface area contributed by atoms with Crippen LogP contribution in [0.3, 0.4) is 0 Å². The Morgan fingerprint density at radius 1 is 1.29 bits per heavy atom. The van der Waals surface area contributed by atoms with Crippen molar-refractivity contribution in [2.45, 2.75) is 18.9 Å². The lowest BCUT2D eigenvalue weighted by molar-refractivity contribution is -0.126. The molecule has 1 unspecified atom stereocenters. The molecule has 0 aliphatic carbocycles. The molecule has 10 nitrogen and oxygen atoms in total. The number of amides is 2. The second kappa shape index (κ2) is 9.26. The molecule has 1 aliphatic heterocycles. The van der Waals surface area contributed by atoms with Crippen LogP contribution in [-0.2, 0) is 15.1 Å². The number of epoxide rings is 1. The van der Waals surface area contributed by atoms with Gasteiger partial charge in [-0.3, -0.25) is 9.59 Å². The van der Waals surface area contributed by atoms with Gasteiger partial charge in [0.15, 0.2) is 17.2 Å². The molecule has 180 valence electrons. The molecular weight excluding hydrogens is 453 g/mol. The molecule has 1 aromatic carbocycles. The number of halogens is 1. The van der Waals surface area contributed by atoms with Crippen molar-refractivity contribution >= 4 is 22.7 Å². The zero-order valence-corrected chi connectivity index (χ0v) is 19.1. The lowest BCUT2D eigenvalue weighted by Gasteiger charge is -2.23. The van der Waals surface area contributed by atoms with Crippen molar-refractivity contribution in [3.05, 3.63) is 72.1 Å². The van der Waals surface area contributed by atoms with Crippen molar-refractivity contribution < 1.29 is 18.7 Å². The van der Waals surface area contributed by atoms with Crippen LogP contribution in [-0.4, -0.2) is 67.9 Å². The molecule has 3 aromatic heterocycles. The average Bonchev–Trinajstić information content (AvgIpc) is 3.28. The third-order valence-electron chi connectivity index (χ3n) is 5.99. The number of rotatable bonds is 9. The van der Waals surface area contributed by atoms with E-state index in [1.165, 1.54) is 10.9 Å². The van der Waals surface area contributed by atoms with Gasteiger partial charge >= 0.3 is 0 Å². The van der Waals surface area contributed by atoms with Gasteiger partial charge in [0.2, 0.25) is 0 Å². The van der Waals surface area contributed by atoms with Gasteiger partial charge in [-0.25, -0.2) is 14.1 Å². The summed E-state index contributed by atoms with van der Waals surface area (Å²) >= 11 is 0. The first-order chi connectivity index (χ1) is 17.0. The summed E-state index contributed by atoms with van der Waals surface area (Å²) in [5.41, 5.74) is 0.0622. The van der Waals surface area contributed by atoms with E-state index in [0.29, 0.717) is 35.6 Å². The molecule has 1 atom stereocenters. The minimum absolute atomic E-state index is 0.0917. The Labute approximate surface area is 200 Å². The molecule has 0 saturated carbocycles. The maximum Gasteiger partial charge on any atom is 0.259 e. The second-order valence-electron chi connectivity index (χ2n) is 8.26. The van der Waals surface area contributed by atoms with Crippen LogP contribution in [0.2, 0.25) is 0 Å². The van der Waals surface area contributed by atoms with Crippen LogP contribution in [0.5, 0.6) is 0 Å². The van der Waals surface area contributed by atoms with Crippen LogP contribution in [0.4, 0.5) is 4.39 Å². The summed E-state index contributed by atoms with van der Waals surface area (Å²) in [4.78, 5) is 34.8. The summed E-state index contributed by atoms with van der Waals surface area (Å²) in [6.45, 7) is 3.25. The normalized spacial score (nSPS) is 16.9. The van der Waals surface area contributed by atoms with Gasteiger partial charge in [-0.15, -0.1) is 5.10 Å². The monoisotopic (exact) mass is 477 g/mol. The molecule has 0 spiro atoms.